The van der Waals surface area contributed by atoms with Crippen LogP contribution in [0.5, 0.6) is 0 Å². The number of aliphatic hydroxyl groups is 1. The molecule has 6 unspecified atom stereocenters. The summed E-state index contributed by atoms with van der Waals surface area (Å²) in [5, 5.41) is 27.1. The van der Waals surface area contributed by atoms with Crippen molar-refractivity contribution in [2.75, 3.05) is 0 Å². The molecular formula is C24H35N5O6. The Kier molecular flexibility index (Phi) is 9.78. The van der Waals surface area contributed by atoms with Crippen molar-refractivity contribution in [3.05, 3.63) is 36.0 Å². The molecule has 0 radical (unpaired) electrons. The molecule has 3 amide bonds. The number of hydrogen-bond donors (Lipinski definition) is 7. The number of amides is 3. The molecule has 11 heteroatoms. The highest BCUT2D eigenvalue weighted by Crippen LogP contribution is 2.19. The summed E-state index contributed by atoms with van der Waals surface area (Å²) in [7, 11) is 0. The van der Waals surface area contributed by atoms with E-state index in [1.165, 1.54) is 13.8 Å². The molecule has 11 nitrogen and oxygen atoms in total. The van der Waals surface area contributed by atoms with E-state index >= 15 is 0 Å². The Morgan fingerprint density at radius 1 is 1.00 bits per heavy atom. The number of aromatic amines is 1. The Bertz CT molecular complexity index is 1050. The number of aromatic nitrogens is 1. The van der Waals surface area contributed by atoms with Gasteiger partial charge in [0.25, 0.3) is 0 Å². The number of nitrogens with two attached hydrogens (primary N) is 1. The van der Waals surface area contributed by atoms with E-state index in [1.807, 2.05) is 38.1 Å². The van der Waals surface area contributed by atoms with Crippen molar-refractivity contribution >= 4 is 34.6 Å². The van der Waals surface area contributed by atoms with Gasteiger partial charge >= 0.3 is 5.97 Å². The summed E-state index contributed by atoms with van der Waals surface area (Å²) in [4.78, 5) is 52.8. The van der Waals surface area contributed by atoms with Crippen LogP contribution < -0.4 is 21.7 Å². The molecule has 1 aromatic heterocycles. The van der Waals surface area contributed by atoms with Crippen LogP contribution in [0.3, 0.4) is 0 Å². The number of hydrogen-bond acceptors (Lipinski definition) is 6. The Balaban J connectivity index is 2.21. The van der Waals surface area contributed by atoms with Gasteiger partial charge in [-0.3, -0.25) is 14.4 Å². The summed E-state index contributed by atoms with van der Waals surface area (Å²) in [6.07, 6.45) is 1.23. The molecule has 2 aromatic rings. The first-order chi connectivity index (χ1) is 16.5. The predicted octanol–water partition coefficient (Wildman–Crippen LogP) is 0.0235. The van der Waals surface area contributed by atoms with E-state index in [0.29, 0.717) is 6.42 Å². The van der Waals surface area contributed by atoms with E-state index < -0.39 is 54.0 Å². The van der Waals surface area contributed by atoms with Crippen LogP contribution in [-0.2, 0) is 25.6 Å². The van der Waals surface area contributed by atoms with Crippen molar-refractivity contribution in [2.45, 2.75) is 70.8 Å². The first-order valence-corrected chi connectivity index (χ1v) is 11.6. The molecule has 0 fully saturated rings. The molecule has 0 aliphatic carbocycles. The molecule has 0 aliphatic rings. The van der Waals surface area contributed by atoms with Crippen molar-refractivity contribution in [1.29, 1.82) is 0 Å². The van der Waals surface area contributed by atoms with E-state index in [0.717, 1.165) is 16.5 Å². The Labute approximate surface area is 203 Å². The lowest BCUT2D eigenvalue weighted by Gasteiger charge is -2.25. The maximum atomic E-state index is 13.1. The quantitative estimate of drug-likeness (QED) is 0.219. The number of benzene rings is 1. The molecule has 0 bridgehead atoms. The smallest absolute Gasteiger partial charge is 0.328 e. The van der Waals surface area contributed by atoms with Crippen LogP contribution >= 0.6 is 0 Å². The molecule has 6 atom stereocenters. The molecule has 0 spiro atoms. The number of H-pyrrole nitrogens is 1. The Morgan fingerprint density at radius 3 is 2.26 bits per heavy atom. The molecule has 35 heavy (non-hydrogen) atoms. The van der Waals surface area contributed by atoms with Crippen molar-refractivity contribution in [3.63, 3.8) is 0 Å². The third-order valence-corrected chi connectivity index (χ3v) is 6.09. The third-order valence-electron chi connectivity index (χ3n) is 6.09. The monoisotopic (exact) mass is 489 g/mol. The zero-order chi connectivity index (χ0) is 26.3. The standard InChI is InChI=1S/C24H35N5O6/c1-5-12(2)19(25)23(33)28-18(10-15-11-26-17-9-7-6-8-16(15)17)22(32)27-13(3)21(31)29-20(14(4)30)24(34)35/h6-9,11-14,18-20,26,30H,5,10,25H2,1-4H3,(H,27,32)(H,28,33)(H,29,31)(H,34,35). The Hall–Kier alpha value is -3.44. The molecule has 0 aliphatic heterocycles. The number of nitrogens with one attached hydrogen (secondary N) is 4. The minimum absolute atomic E-state index is 0.107. The van der Waals surface area contributed by atoms with Crippen molar-refractivity contribution in [3.8, 4) is 0 Å². The minimum atomic E-state index is -1.53. The van der Waals surface area contributed by atoms with Crippen LogP contribution in [0, 0.1) is 5.92 Å². The van der Waals surface area contributed by atoms with Gasteiger partial charge in [0, 0.05) is 23.5 Å². The van der Waals surface area contributed by atoms with Gasteiger partial charge in [-0.2, -0.15) is 0 Å². The lowest BCUT2D eigenvalue weighted by molar-refractivity contribution is -0.145. The average molecular weight is 490 g/mol. The highest BCUT2D eigenvalue weighted by molar-refractivity contribution is 5.94. The van der Waals surface area contributed by atoms with Gasteiger partial charge < -0.3 is 36.9 Å². The molecule has 8 N–H and O–H groups in total. The fourth-order valence-corrected chi connectivity index (χ4v) is 3.56. The van der Waals surface area contributed by atoms with Gasteiger partial charge in [0.15, 0.2) is 6.04 Å². The summed E-state index contributed by atoms with van der Waals surface area (Å²) in [5.41, 5.74) is 7.71. The number of carboxylic acid groups (broad SMARTS) is 1. The van der Waals surface area contributed by atoms with Crippen LogP contribution in [0.2, 0.25) is 0 Å². The Morgan fingerprint density at radius 2 is 1.66 bits per heavy atom. The lowest BCUT2D eigenvalue weighted by Crippen LogP contribution is -2.58. The molecular weight excluding hydrogens is 454 g/mol. The number of aliphatic carboxylic acids is 1. The highest BCUT2D eigenvalue weighted by Gasteiger charge is 2.31. The zero-order valence-electron chi connectivity index (χ0n) is 20.4. The lowest BCUT2D eigenvalue weighted by atomic mass is 9.98. The number of para-hydroxylation sites is 1. The van der Waals surface area contributed by atoms with Gasteiger partial charge in [-0.1, -0.05) is 38.5 Å². The molecule has 2 rings (SSSR count). The summed E-state index contributed by atoms with van der Waals surface area (Å²) in [5.74, 6) is -3.43. The minimum Gasteiger partial charge on any atom is -0.480 e. The van der Waals surface area contributed by atoms with Crippen molar-refractivity contribution < 1.29 is 29.4 Å². The van der Waals surface area contributed by atoms with E-state index in [1.54, 1.807) is 6.20 Å². The zero-order valence-corrected chi connectivity index (χ0v) is 20.4. The molecule has 1 heterocycles. The largest absolute Gasteiger partial charge is 0.480 e. The van der Waals surface area contributed by atoms with E-state index in [-0.39, 0.29) is 12.3 Å². The highest BCUT2D eigenvalue weighted by atomic mass is 16.4. The van der Waals surface area contributed by atoms with Crippen LogP contribution in [0.1, 0.15) is 39.7 Å². The second kappa shape index (κ2) is 12.3. The fourth-order valence-electron chi connectivity index (χ4n) is 3.56. The number of carboxylic acids is 1. The summed E-state index contributed by atoms with van der Waals surface area (Å²) in [6, 6.07) is 2.99. The molecule has 1 aromatic carbocycles. The van der Waals surface area contributed by atoms with E-state index in [9.17, 15) is 24.3 Å². The normalized spacial score (nSPS) is 16.4. The van der Waals surface area contributed by atoms with Crippen LogP contribution in [0.4, 0.5) is 0 Å². The van der Waals surface area contributed by atoms with Crippen LogP contribution in [0.25, 0.3) is 10.9 Å². The van der Waals surface area contributed by atoms with Gasteiger partial charge in [0.1, 0.15) is 12.1 Å². The van der Waals surface area contributed by atoms with Crippen LogP contribution in [-0.4, -0.2) is 69.2 Å². The molecule has 0 saturated carbocycles. The molecule has 0 saturated heterocycles. The van der Waals surface area contributed by atoms with E-state index in [4.69, 9.17) is 10.8 Å². The third kappa shape index (κ3) is 7.27. The van der Waals surface area contributed by atoms with Crippen LogP contribution in [0.15, 0.2) is 30.5 Å². The van der Waals surface area contributed by atoms with Crippen molar-refractivity contribution in [2.24, 2.45) is 11.7 Å². The molecule has 192 valence electrons. The number of fused-ring (bicyclic) bond motifs is 1. The van der Waals surface area contributed by atoms with E-state index in [2.05, 4.69) is 20.9 Å². The topological polar surface area (TPSA) is 187 Å². The summed E-state index contributed by atoms with van der Waals surface area (Å²) >= 11 is 0. The van der Waals surface area contributed by atoms with Gasteiger partial charge in [-0.25, -0.2) is 4.79 Å². The van der Waals surface area contributed by atoms with Gasteiger partial charge in [-0.15, -0.1) is 0 Å². The summed E-state index contributed by atoms with van der Waals surface area (Å²) < 4.78 is 0. The van der Waals surface area contributed by atoms with Gasteiger partial charge in [0.2, 0.25) is 17.7 Å². The predicted molar refractivity (Wildman–Crippen MR) is 130 cm³/mol. The first-order valence-electron chi connectivity index (χ1n) is 11.6. The number of rotatable bonds is 12. The number of carbonyl (C=O) groups is 4. The summed E-state index contributed by atoms with van der Waals surface area (Å²) in [6.45, 7) is 6.36. The maximum absolute atomic E-state index is 13.1. The SMILES string of the molecule is CCC(C)C(N)C(=O)NC(Cc1c[nH]c2ccccc12)C(=O)NC(C)C(=O)NC(C(=O)O)C(C)O. The van der Waals surface area contributed by atoms with Gasteiger partial charge in [-0.05, 0) is 31.4 Å². The second-order valence-corrected chi connectivity index (χ2v) is 8.83. The first kappa shape index (κ1) is 27.8. The second-order valence-electron chi connectivity index (χ2n) is 8.83. The number of aliphatic hydroxyl groups excluding tert-OH is 1. The number of carbonyl (C=O) groups excluding carboxylic acids is 3. The van der Waals surface area contributed by atoms with Crippen molar-refractivity contribution in [1.82, 2.24) is 20.9 Å². The van der Waals surface area contributed by atoms with Gasteiger partial charge in [0.05, 0.1) is 12.1 Å². The maximum Gasteiger partial charge on any atom is 0.328 e. The fraction of sp³-hybridized carbons (Fsp3) is 0.500. The average Bonchev–Trinajstić information content (AvgIpc) is 3.22.